The minimum atomic E-state index is -1.08. The number of carboxylic acids is 1. The number of carbonyl (C=O) groups excluding carboxylic acids is 1. The molecule has 2 unspecified atom stereocenters. The van der Waals surface area contributed by atoms with Gasteiger partial charge in [-0.3, -0.25) is 4.79 Å². The largest absolute Gasteiger partial charge is 0.481 e. The Morgan fingerprint density at radius 2 is 2.05 bits per heavy atom. The van der Waals surface area contributed by atoms with E-state index in [1.807, 2.05) is 0 Å². The molecule has 8 heteroatoms. The molecule has 2 rings (SSSR count). The third-order valence-electron chi connectivity index (χ3n) is 2.89. The van der Waals surface area contributed by atoms with E-state index in [1.165, 1.54) is 0 Å². The fraction of sp³-hybridized carbons (Fsp3) is 0.333. The van der Waals surface area contributed by atoms with Gasteiger partial charge in [-0.15, -0.1) is 0 Å². The van der Waals surface area contributed by atoms with Crippen LogP contribution in [0.2, 0.25) is 0 Å². The van der Waals surface area contributed by atoms with Crippen molar-refractivity contribution in [3.05, 3.63) is 29.8 Å². The van der Waals surface area contributed by atoms with Gasteiger partial charge in [0.2, 0.25) is 0 Å². The number of rotatable bonds is 3. The second-order valence-electron chi connectivity index (χ2n) is 4.31. The lowest BCUT2D eigenvalue weighted by atomic mass is 10.0. The first-order chi connectivity index (χ1) is 9.47. The second-order valence-corrected chi connectivity index (χ2v) is 4.31. The first kappa shape index (κ1) is 14.2. The Hall–Kier alpha value is -2.22. The number of ether oxygens (including phenoxy) is 1. The quantitative estimate of drug-likeness (QED) is 0.778. The summed E-state index contributed by atoms with van der Waals surface area (Å²) in [6, 6.07) is 1.23. The Morgan fingerprint density at radius 1 is 1.30 bits per heavy atom. The predicted octanol–water partition coefficient (Wildman–Crippen LogP) is 1.19. The minimum Gasteiger partial charge on any atom is -0.481 e. The molecule has 1 aromatic rings. The van der Waals surface area contributed by atoms with Gasteiger partial charge >= 0.3 is 12.0 Å². The van der Waals surface area contributed by atoms with E-state index in [0.717, 1.165) is 12.1 Å². The lowest BCUT2D eigenvalue weighted by molar-refractivity contribution is -0.142. The SMILES string of the molecule is O=C(Nc1ccc(F)cc1F)NC1COCC1C(=O)O. The fourth-order valence-electron chi connectivity index (χ4n) is 1.86. The zero-order valence-electron chi connectivity index (χ0n) is 10.2. The molecule has 0 bridgehead atoms. The maximum Gasteiger partial charge on any atom is 0.319 e. The Labute approximate surface area is 112 Å². The molecule has 1 aliphatic heterocycles. The highest BCUT2D eigenvalue weighted by Crippen LogP contribution is 2.16. The number of halogens is 2. The van der Waals surface area contributed by atoms with Gasteiger partial charge in [0.1, 0.15) is 17.6 Å². The summed E-state index contributed by atoms with van der Waals surface area (Å²) in [5.74, 6) is -3.61. The van der Waals surface area contributed by atoms with E-state index >= 15 is 0 Å². The third kappa shape index (κ3) is 3.21. The number of hydrogen-bond donors (Lipinski definition) is 3. The van der Waals surface area contributed by atoms with Crippen LogP contribution in [0.25, 0.3) is 0 Å². The van der Waals surface area contributed by atoms with E-state index in [-0.39, 0.29) is 18.9 Å². The maximum atomic E-state index is 13.3. The monoisotopic (exact) mass is 286 g/mol. The first-order valence-corrected chi connectivity index (χ1v) is 5.80. The highest BCUT2D eigenvalue weighted by atomic mass is 19.1. The van der Waals surface area contributed by atoms with Gasteiger partial charge in [0, 0.05) is 6.07 Å². The highest BCUT2D eigenvalue weighted by Gasteiger charge is 2.35. The first-order valence-electron chi connectivity index (χ1n) is 5.80. The van der Waals surface area contributed by atoms with Crippen molar-refractivity contribution in [3.63, 3.8) is 0 Å². The second kappa shape index (κ2) is 5.83. The summed E-state index contributed by atoms with van der Waals surface area (Å²) in [4.78, 5) is 22.5. The van der Waals surface area contributed by atoms with Crippen molar-refractivity contribution < 1.29 is 28.2 Å². The van der Waals surface area contributed by atoms with E-state index in [0.29, 0.717) is 6.07 Å². The molecule has 1 fully saturated rings. The fourth-order valence-corrected chi connectivity index (χ4v) is 1.86. The van der Waals surface area contributed by atoms with E-state index < -0.39 is 35.6 Å². The van der Waals surface area contributed by atoms with Crippen LogP contribution in [0.3, 0.4) is 0 Å². The average molecular weight is 286 g/mol. The molecule has 0 aliphatic carbocycles. The number of urea groups is 1. The predicted molar refractivity (Wildman–Crippen MR) is 64.2 cm³/mol. The van der Waals surface area contributed by atoms with Gasteiger partial charge in [0.25, 0.3) is 0 Å². The van der Waals surface area contributed by atoms with Crippen LogP contribution in [0.1, 0.15) is 0 Å². The summed E-state index contributed by atoms with van der Waals surface area (Å²) in [5, 5.41) is 13.5. The summed E-state index contributed by atoms with van der Waals surface area (Å²) in [7, 11) is 0. The topological polar surface area (TPSA) is 87.7 Å². The van der Waals surface area contributed by atoms with Crippen molar-refractivity contribution in [2.75, 3.05) is 18.5 Å². The van der Waals surface area contributed by atoms with Gasteiger partial charge in [0.05, 0.1) is 24.9 Å². The Balaban J connectivity index is 1.97. The molecular formula is C12H12F2N2O4. The van der Waals surface area contributed by atoms with Crippen LogP contribution < -0.4 is 10.6 Å². The van der Waals surface area contributed by atoms with Gasteiger partial charge in [-0.05, 0) is 12.1 Å². The van der Waals surface area contributed by atoms with Crippen LogP contribution in [0.5, 0.6) is 0 Å². The lowest BCUT2D eigenvalue weighted by Crippen LogP contribution is -2.44. The molecule has 0 saturated carbocycles. The van der Waals surface area contributed by atoms with Crippen molar-refractivity contribution in [1.29, 1.82) is 0 Å². The summed E-state index contributed by atoms with van der Waals surface area (Å²) < 4.78 is 31.0. The van der Waals surface area contributed by atoms with Crippen LogP contribution in [-0.2, 0) is 9.53 Å². The number of benzene rings is 1. The molecular weight excluding hydrogens is 274 g/mol. The van der Waals surface area contributed by atoms with E-state index in [9.17, 15) is 18.4 Å². The summed E-state index contributed by atoms with van der Waals surface area (Å²) >= 11 is 0. The number of hydrogen-bond acceptors (Lipinski definition) is 3. The summed E-state index contributed by atoms with van der Waals surface area (Å²) in [6.07, 6.45) is 0. The van der Waals surface area contributed by atoms with Gasteiger partial charge in [0.15, 0.2) is 0 Å². The molecule has 3 N–H and O–H groups in total. The Bertz CT molecular complexity index is 538. The number of aliphatic carboxylic acids is 1. The molecule has 108 valence electrons. The molecule has 0 aromatic heterocycles. The smallest absolute Gasteiger partial charge is 0.319 e. The highest BCUT2D eigenvalue weighted by molar-refractivity contribution is 5.90. The Kier molecular flexibility index (Phi) is 4.14. The molecule has 1 aromatic carbocycles. The molecule has 1 aliphatic rings. The van der Waals surface area contributed by atoms with E-state index in [1.54, 1.807) is 0 Å². The van der Waals surface area contributed by atoms with Crippen LogP contribution in [0, 0.1) is 17.6 Å². The normalized spacial score (nSPS) is 21.5. The van der Waals surface area contributed by atoms with Gasteiger partial charge in [-0.1, -0.05) is 0 Å². The maximum absolute atomic E-state index is 13.3. The zero-order valence-corrected chi connectivity index (χ0v) is 10.2. The number of carbonyl (C=O) groups is 2. The molecule has 6 nitrogen and oxygen atoms in total. The third-order valence-corrected chi connectivity index (χ3v) is 2.89. The van der Waals surface area contributed by atoms with Crippen molar-refractivity contribution in [2.45, 2.75) is 6.04 Å². The lowest BCUT2D eigenvalue weighted by Gasteiger charge is -2.16. The summed E-state index contributed by atoms with van der Waals surface area (Å²) in [5.41, 5.74) is -0.199. The van der Waals surface area contributed by atoms with Crippen molar-refractivity contribution in [1.82, 2.24) is 5.32 Å². The van der Waals surface area contributed by atoms with Crippen molar-refractivity contribution in [3.8, 4) is 0 Å². The van der Waals surface area contributed by atoms with Crippen LogP contribution in [-0.4, -0.2) is 36.4 Å². The standard InChI is InChI=1S/C12H12F2N2O4/c13-6-1-2-9(8(14)3-6)15-12(19)16-10-5-20-4-7(10)11(17)18/h1-3,7,10H,4-5H2,(H,17,18)(H2,15,16,19). The van der Waals surface area contributed by atoms with Gasteiger partial charge < -0.3 is 20.5 Å². The summed E-state index contributed by atoms with van der Waals surface area (Å²) in [6.45, 7) is 0.0709. The molecule has 0 spiro atoms. The minimum absolute atomic E-state index is 0.00515. The number of carboxylic acid groups (broad SMARTS) is 1. The van der Waals surface area contributed by atoms with Crippen LogP contribution >= 0.6 is 0 Å². The number of anilines is 1. The van der Waals surface area contributed by atoms with E-state index in [4.69, 9.17) is 9.84 Å². The molecule has 2 amide bonds. The number of nitrogens with one attached hydrogen (secondary N) is 2. The van der Waals surface area contributed by atoms with Crippen LogP contribution in [0.4, 0.5) is 19.3 Å². The molecule has 2 atom stereocenters. The molecule has 1 heterocycles. The van der Waals surface area contributed by atoms with Crippen LogP contribution in [0.15, 0.2) is 18.2 Å². The zero-order chi connectivity index (χ0) is 14.7. The molecule has 1 saturated heterocycles. The van der Waals surface area contributed by atoms with Gasteiger partial charge in [-0.25, -0.2) is 13.6 Å². The number of amides is 2. The average Bonchev–Trinajstić information content (AvgIpc) is 2.81. The Morgan fingerprint density at radius 3 is 2.70 bits per heavy atom. The molecule has 20 heavy (non-hydrogen) atoms. The van der Waals surface area contributed by atoms with E-state index in [2.05, 4.69) is 10.6 Å². The molecule has 0 radical (unpaired) electrons. The van der Waals surface area contributed by atoms with Crippen molar-refractivity contribution >= 4 is 17.7 Å². The van der Waals surface area contributed by atoms with Gasteiger partial charge in [-0.2, -0.15) is 0 Å². The van der Waals surface area contributed by atoms with Crippen molar-refractivity contribution in [2.24, 2.45) is 5.92 Å².